The molecule has 1 N–H and O–H groups in total. The van der Waals surface area contributed by atoms with Gasteiger partial charge in [-0.15, -0.1) is 10.2 Å². The number of piperidine rings is 1. The molecule has 10 nitrogen and oxygen atoms in total. The van der Waals surface area contributed by atoms with Crippen LogP contribution in [0.15, 0.2) is 34.7 Å². The van der Waals surface area contributed by atoms with E-state index in [1.54, 1.807) is 30.3 Å². The van der Waals surface area contributed by atoms with E-state index in [-0.39, 0.29) is 18.7 Å². The third kappa shape index (κ3) is 6.71. The number of hydrogen-bond acceptors (Lipinski definition) is 8. The van der Waals surface area contributed by atoms with E-state index in [0.29, 0.717) is 37.4 Å². The third-order valence-corrected chi connectivity index (χ3v) is 7.54. The van der Waals surface area contributed by atoms with E-state index in [2.05, 4.69) is 15.5 Å². The van der Waals surface area contributed by atoms with Gasteiger partial charge in [-0.1, -0.05) is 50.6 Å². The summed E-state index contributed by atoms with van der Waals surface area (Å²) in [5.41, 5.74) is -1.09. The standard InChI is InChI=1S/C26H34N4O6S/c1-4-12-19(21(31)23-29-28-20(5-2)36-23)27-25(33)26(3,17-18-13-8-6-9-14-18)22(37(34)35)24(32)30-15-10-7-11-16-30/h6,8-9,13-14,19H,4-5,7,10-12,15-17H2,1-3H3,(H,27,33). The normalized spacial score (nSPS) is 15.9. The predicted molar refractivity (Wildman–Crippen MR) is 137 cm³/mol. The molecule has 11 heteroatoms. The second-order valence-electron chi connectivity index (χ2n) is 9.44. The fourth-order valence-electron chi connectivity index (χ4n) is 4.52. The summed E-state index contributed by atoms with van der Waals surface area (Å²) in [6, 6.07) is 7.87. The summed E-state index contributed by atoms with van der Waals surface area (Å²) in [5, 5.41) is 10.3. The minimum atomic E-state index is -2.97. The van der Waals surface area contributed by atoms with Crippen molar-refractivity contribution in [1.82, 2.24) is 20.4 Å². The third-order valence-electron chi connectivity index (χ3n) is 6.59. The van der Waals surface area contributed by atoms with Crippen molar-refractivity contribution in [3.05, 3.63) is 47.7 Å². The minimum absolute atomic E-state index is 0.0455. The molecule has 0 bridgehead atoms. The summed E-state index contributed by atoms with van der Waals surface area (Å²) in [7, 11) is -2.97. The number of nitrogens with zero attached hydrogens (tertiary/aromatic N) is 3. The van der Waals surface area contributed by atoms with Gasteiger partial charge in [0, 0.05) is 19.5 Å². The van der Waals surface area contributed by atoms with Crippen LogP contribution < -0.4 is 5.32 Å². The lowest BCUT2D eigenvalue weighted by molar-refractivity contribution is -0.130. The molecule has 1 aromatic carbocycles. The molecular formula is C26H34N4O6S. The molecule has 1 fully saturated rings. The average molecular weight is 531 g/mol. The number of Topliss-reactive ketones (excluding diaryl/α,β-unsaturated/α-hetero) is 1. The number of aryl methyl sites for hydroxylation is 1. The maximum absolute atomic E-state index is 13.9. The lowest BCUT2D eigenvalue weighted by Crippen LogP contribution is -2.56. The average Bonchev–Trinajstić information content (AvgIpc) is 3.38. The number of carbonyl (C=O) groups is 3. The van der Waals surface area contributed by atoms with Crippen molar-refractivity contribution in [2.75, 3.05) is 13.1 Å². The molecule has 200 valence electrons. The van der Waals surface area contributed by atoms with Crippen LogP contribution >= 0.6 is 0 Å². The van der Waals surface area contributed by atoms with E-state index in [1.165, 1.54) is 11.8 Å². The number of likely N-dealkylation sites (tertiary alicyclic amines) is 1. The predicted octanol–water partition coefficient (Wildman–Crippen LogP) is 2.41. The molecule has 3 rings (SSSR count). The Labute approximate surface area is 218 Å². The number of benzene rings is 1. The van der Waals surface area contributed by atoms with Gasteiger partial charge in [0.2, 0.25) is 27.9 Å². The molecule has 0 saturated carbocycles. The van der Waals surface area contributed by atoms with Gasteiger partial charge in [0.1, 0.15) is 0 Å². The molecule has 2 amide bonds. The van der Waals surface area contributed by atoms with Crippen LogP contribution in [-0.2, 0) is 32.7 Å². The molecule has 2 unspecified atom stereocenters. The van der Waals surface area contributed by atoms with Crippen LogP contribution in [0.4, 0.5) is 0 Å². The van der Waals surface area contributed by atoms with Gasteiger partial charge in [0.15, 0.2) is 4.86 Å². The number of aromatic nitrogens is 2. The Kier molecular flexibility index (Phi) is 9.73. The maximum Gasteiger partial charge on any atom is 0.286 e. The fourth-order valence-corrected chi connectivity index (χ4v) is 5.32. The molecule has 0 spiro atoms. The van der Waals surface area contributed by atoms with Crippen LogP contribution in [0.1, 0.15) is 75.0 Å². The Morgan fingerprint density at radius 1 is 1.08 bits per heavy atom. The summed E-state index contributed by atoms with van der Waals surface area (Å²) in [6.45, 7) is 5.96. The molecule has 1 aliphatic heterocycles. The number of amides is 2. The van der Waals surface area contributed by atoms with Gasteiger partial charge in [0.25, 0.3) is 11.8 Å². The number of rotatable bonds is 11. The highest BCUT2D eigenvalue weighted by atomic mass is 32.2. The summed E-state index contributed by atoms with van der Waals surface area (Å²) >= 11 is 0. The molecule has 37 heavy (non-hydrogen) atoms. The van der Waals surface area contributed by atoms with Crippen molar-refractivity contribution in [3.8, 4) is 0 Å². The van der Waals surface area contributed by atoms with Crippen molar-refractivity contribution < 1.29 is 27.2 Å². The maximum atomic E-state index is 13.9. The molecular weight excluding hydrogens is 496 g/mol. The highest BCUT2D eigenvalue weighted by Gasteiger charge is 2.46. The summed E-state index contributed by atoms with van der Waals surface area (Å²) in [6.07, 6.45) is 3.72. The van der Waals surface area contributed by atoms with E-state index < -0.39 is 44.2 Å². The number of hydrogen-bond donors (Lipinski definition) is 1. The fraction of sp³-hybridized carbons (Fsp3) is 0.538. The molecule has 1 aromatic heterocycles. The lowest BCUT2D eigenvalue weighted by Gasteiger charge is -2.34. The van der Waals surface area contributed by atoms with E-state index in [4.69, 9.17) is 4.42 Å². The summed E-state index contributed by atoms with van der Waals surface area (Å²) in [5.74, 6) is -1.89. The Morgan fingerprint density at radius 2 is 1.76 bits per heavy atom. The van der Waals surface area contributed by atoms with Gasteiger partial charge in [-0.2, -0.15) is 8.42 Å². The van der Waals surface area contributed by atoms with Crippen molar-refractivity contribution in [2.24, 2.45) is 5.41 Å². The Bertz CT molecular complexity index is 1240. The number of nitrogens with one attached hydrogen (secondary N) is 1. The lowest BCUT2D eigenvalue weighted by atomic mass is 9.78. The van der Waals surface area contributed by atoms with Gasteiger partial charge in [0.05, 0.1) is 11.5 Å². The molecule has 0 aliphatic carbocycles. The van der Waals surface area contributed by atoms with E-state index in [1.807, 2.05) is 13.8 Å². The SMILES string of the molecule is CCCC(NC(=O)C(C)(Cc1ccccc1)C(C(=O)N1CCCCC1)=S(=O)=O)C(=O)c1nnc(CC)o1. The zero-order chi connectivity index (χ0) is 27.0. The molecule has 2 heterocycles. The number of ketones is 1. The first-order valence-electron chi connectivity index (χ1n) is 12.7. The summed E-state index contributed by atoms with van der Waals surface area (Å²) in [4.78, 5) is 41.5. The second kappa shape index (κ2) is 12.8. The van der Waals surface area contributed by atoms with Crippen molar-refractivity contribution in [3.63, 3.8) is 0 Å². The number of carbonyl (C=O) groups excluding carboxylic acids is 3. The topological polar surface area (TPSA) is 140 Å². The Hall–Kier alpha value is -3.34. The monoisotopic (exact) mass is 530 g/mol. The molecule has 1 aliphatic rings. The first kappa shape index (κ1) is 28.2. The molecule has 1 saturated heterocycles. The zero-order valence-corrected chi connectivity index (χ0v) is 22.3. The van der Waals surface area contributed by atoms with E-state index in [9.17, 15) is 22.8 Å². The van der Waals surface area contributed by atoms with Gasteiger partial charge < -0.3 is 14.6 Å². The zero-order valence-electron chi connectivity index (χ0n) is 21.5. The quantitative estimate of drug-likeness (QED) is 0.345. The Morgan fingerprint density at radius 3 is 2.32 bits per heavy atom. The van der Waals surface area contributed by atoms with Crippen LogP contribution in [0, 0.1) is 5.41 Å². The van der Waals surface area contributed by atoms with E-state index >= 15 is 0 Å². The largest absolute Gasteiger partial charge is 0.418 e. The van der Waals surface area contributed by atoms with Crippen LogP contribution in [-0.4, -0.2) is 65.1 Å². The van der Waals surface area contributed by atoms with Crippen LogP contribution in [0.5, 0.6) is 0 Å². The Balaban J connectivity index is 2.00. The summed E-state index contributed by atoms with van der Waals surface area (Å²) < 4.78 is 30.5. The van der Waals surface area contributed by atoms with Crippen molar-refractivity contribution in [2.45, 2.75) is 71.8 Å². The highest BCUT2D eigenvalue weighted by molar-refractivity contribution is 7.75. The highest BCUT2D eigenvalue weighted by Crippen LogP contribution is 2.28. The first-order valence-corrected chi connectivity index (χ1v) is 13.8. The smallest absolute Gasteiger partial charge is 0.286 e. The molecule has 0 radical (unpaired) electrons. The van der Waals surface area contributed by atoms with Crippen LogP contribution in [0.2, 0.25) is 0 Å². The molecule has 2 atom stereocenters. The van der Waals surface area contributed by atoms with Gasteiger partial charge in [-0.05, 0) is 44.6 Å². The molecule has 2 aromatic rings. The van der Waals surface area contributed by atoms with Crippen molar-refractivity contribution >= 4 is 32.8 Å². The first-order chi connectivity index (χ1) is 17.7. The van der Waals surface area contributed by atoms with Gasteiger partial charge in [-0.3, -0.25) is 14.4 Å². The minimum Gasteiger partial charge on any atom is -0.418 e. The second-order valence-corrected chi connectivity index (χ2v) is 10.3. The van der Waals surface area contributed by atoms with Crippen molar-refractivity contribution in [1.29, 1.82) is 0 Å². The van der Waals surface area contributed by atoms with Crippen LogP contribution in [0.3, 0.4) is 0 Å². The van der Waals surface area contributed by atoms with Gasteiger partial charge in [-0.25, -0.2) is 0 Å². The van der Waals surface area contributed by atoms with Crippen LogP contribution in [0.25, 0.3) is 0 Å². The van der Waals surface area contributed by atoms with Gasteiger partial charge >= 0.3 is 0 Å². The van der Waals surface area contributed by atoms with E-state index in [0.717, 1.165) is 19.3 Å².